The van der Waals surface area contributed by atoms with E-state index in [0.29, 0.717) is 0 Å². The van der Waals surface area contributed by atoms with Gasteiger partial charge in [0.1, 0.15) is 6.10 Å². The van der Waals surface area contributed by atoms with Crippen LogP contribution in [0.4, 0.5) is 0 Å². The summed E-state index contributed by atoms with van der Waals surface area (Å²) < 4.78 is 5.51. The van der Waals surface area contributed by atoms with E-state index in [4.69, 9.17) is 9.84 Å². The van der Waals surface area contributed by atoms with Gasteiger partial charge in [-0.15, -0.1) is 0 Å². The van der Waals surface area contributed by atoms with E-state index in [1.165, 1.54) is 0 Å². The molecule has 1 aromatic rings. The minimum absolute atomic E-state index is 0.0117. The lowest BCUT2D eigenvalue weighted by molar-refractivity contribution is 0.0346. The van der Waals surface area contributed by atoms with Crippen molar-refractivity contribution in [2.45, 2.75) is 25.0 Å². The van der Waals surface area contributed by atoms with E-state index < -0.39 is 0 Å². The predicted octanol–water partition coefficient (Wildman–Crippen LogP) is 1.58. The third-order valence-corrected chi connectivity index (χ3v) is 2.46. The van der Waals surface area contributed by atoms with Crippen molar-refractivity contribution in [3.63, 3.8) is 0 Å². The number of rotatable bonds is 1. The molecule has 2 heteroatoms. The van der Waals surface area contributed by atoms with E-state index in [2.05, 4.69) is 11.8 Å². The second kappa shape index (κ2) is 4.97. The summed E-state index contributed by atoms with van der Waals surface area (Å²) in [5.74, 6) is 6.15. The summed E-state index contributed by atoms with van der Waals surface area (Å²) in [6, 6.07) is 9.86. The van der Waals surface area contributed by atoms with E-state index in [1.54, 1.807) is 0 Å². The highest BCUT2D eigenvalue weighted by molar-refractivity contribution is 5.34. The van der Waals surface area contributed by atoms with Crippen LogP contribution in [0.15, 0.2) is 30.3 Å². The van der Waals surface area contributed by atoms with Crippen molar-refractivity contribution in [1.29, 1.82) is 0 Å². The Labute approximate surface area is 89.9 Å². The van der Waals surface area contributed by atoms with Gasteiger partial charge >= 0.3 is 0 Å². The van der Waals surface area contributed by atoms with Gasteiger partial charge in [-0.05, 0) is 25.0 Å². The molecule has 1 aliphatic heterocycles. The van der Waals surface area contributed by atoms with Gasteiger partial charge in [0, 0.05) is 5.56 Å². The Morgan fingerprint density at radius 3 is 2.73 bits per heavy atom. The van der Waals surface area contributed by atoms with Crippen LogP contribution in [0.2, 0.25) is 0 Å². The zero-order chi connectivity index (χ0) is 10.5. The lowest BCUT2D eigenvalue weighted by atomic mass is 10.2. The van der Waals surface area contributed by atoms with Crippen LogP contribution in [-0.4, -0.2) is 23.9 Å². The number of hydrogen-bond acceptors (Lipinski definition) is 2. The van der Waals surface area contributed by atoms with Crippen molar-refractivity contribution in [2.75, 3.05) is 6.61 Å². The van der Waals surface area contributed by atoms with Crippen LogP contribution in [0.25, 0.3) is 0 Å². The van der Waals surface area contributed by atoms with Gasteiger partial charge in [0.2, 0.25) is 0 Å². The highest BCUT2D eigenvalue weighted by Crippen LogP contribution is 2.18. The molecule has 2 rings (SSSR count). The maximum absolute atomic E-state index is 8.90. The Morgan fingerprint density at radius 2 is 2.07 bits per heavy atom. The van der Waals surface area contributed by atoms with Crippen molar-refractivity contribution < 1.29 is 9.84 Å². The number of aliphatic hydroxyl groups is 1. The summed E-state index contributed by atoms with van der Waals surface area (Å²) in [5.41, 5.74) is 1.01. The molecule has 15 heavy (non-hydrogen) atoms. The molecule has 0 bridgehead atoms. The highest BCUT2D eigenvalue weighted by atomic mass is 16.5. The van der Waals surface area contributed by atoms with Crippen LogP contribution in [0, 0.1) is 11.8 Å². The molecular formula is C13H14O2. The molecule has 2 nitrogen and oxygen atoms in total. The van der Waals surface area contributed by atoms with Crippen LogP contribution in [0.5, 0.6) is 0 Å². The second-order valence-electron chi connectivity index (χ2n) is 3.64. The van der Waals surface area contributed by atoms with Crippen molar-refractivity contribution in [3.8, 4) is 11.8 Å². The minimum atomic E-state index is -0.0138. The Balaban J connectivity index is 1.96. The average Bonchev–Trinajstić information content (AvgIpc) is 2.76. The maximum Gasteiger partial charge on any atom is 0.119 e. The fourth-order valence-corrected chi connectivity index (χ4v) is 1.63. The second-order valence-corrected chi connectivity index (χ2v) is 3.64. The zero-order valence-corrected chi connectivity index (χ0v) is 8.52. The summed E-state index contributed by atoms with van der Waals surface area (Å²) in [7, 11) is 0. The van der Waals surface area contributed by atoms with Gasteiger partial charge in [-0.1, -0.05) is 30.0 Å². The van der Waals surface area contributed by atoms with Crippen LogP contribution in [0.3, 0.4) is 0 Å². The molecule has 1 saturated heterocycles. The van der Waals surface area contributed by atoms with Crippen molar-refractivity contribution in [2.24, 2.45) is 0 Å². The molecule has 2 atom stereocenters. The molecule has 1 N–H and O–H groups in total. The van der Waals surface area contributed by atoms with Crippen LogP contribution in [0.1, 0.15) is 18.4 Å². The van der Waals surface area contributed by atoms with Crippen molar-refractivity contribution >= 4 is 0 Å². The topological polar surface area (TPSA) is 29.5 Å². The molecule has 0 radical (unpaired) electrons. The molecule has 0 aliphatic carbocycles. The smallest absolute Gasteiger partial charge is 0.119 e. The first-order valence-corrected chi connectivity index (χ1v) is 5.21. The number of aliphatic hydroxyl groups excluding tert-OH is 1. The van der Waals surface area contributed by atoms with E-state index in [9.17, 15) is 0 Å². The maximum atomic E-state index is 8.90. The van der Waals surface area contributed by atoms with Gasteiger partial charge in [-0.3, -0.25) is 0 Å². The molecule has 78 valence electrons. The van der Waals surface area contributed by atoms with Crippen LogP contribution >= 0.6 is 0 Å². The zero-order valence-electron chi connectivity index (χ0n) is 8.52. The summed E-state index contributed by atoms with van der Waals surface area (Å²) >= 11 is 0. The summed E-state index contributed by atoms with van der Waals surface area (Å²) in [5, 5.41) is 8.90. The van der Waals surface area contributed by atoms with Gasteiger partial charge in [0.25, 0.3) is 0 Å². The van der Waals surface area contributed by atoms with Crippen LogP contribution < -0.4 is 0 Å². The first-order chi connectivity index (χ1) is 7.38. The van der Waals surface area contributed by atoms with Crippen molar-refractivity contribution in [3.05, 3.63) is 35.9 Å². The number of hydrogen-bond donors (Lipinski definition) is 1. The van der Waals surface area contributed by atoms with E-state index in [0.717, 1.165) is 18.4 Å². The Morgan fingerprint density at radius 1 is 1.27 bits per heavy atom. The fraction of sp³-hybridized carbons (Fsp3) is 0.385. The third-order valence-electron chi connectivity index (χ3n) is 2.46. The standard InChI is InChI=1S/C13H14O2/c14-10-13-9-8-12(15-13)7-6-11-4-2-1-3-5-11/h1-5,12-14H,8-10H2. The Bertz CT molecular complexity index is 361. The molecule has 0 saturated carbocycles. The molecule has 1 aromatic carbocycles. The number of benzene rings is 1. The molecule has 0 aromatic heterocycles. The van der Waals surface area contributed by atoms with Gasteiger partial charge in [-0.2, -0.15) is 0 Å². The Hall–Kier alpha value is -1.30. The lowest BCUT2D eigenvalue weighted by Gasteiger charge is -2.05. The number of ether oxygens (including phenoxy) is 1. The Kier molecular flexibility index (Phi) is 3.39. The molecule has 1 heterocycles. The third kappa shape index (κ3) is 2.82. The quantitative estimate of drug-likeness (QED) is 0.700. The highest BCUT2D eigenvalue weighted by Gasteiger charge is 2.22. The molecule has 2 unspecified atom stereocenters. The van der Waals surface area contributed by atoms with E-state index in [-0.39, 0.29) is 18.8 Å². The average molecular weight is 202 g/mol. The van der Waals surface area contributed by atoms with Crippen molar-refractivity contribution in [1.82, 2.24) is 0 Å². The first kappa shape index (κ1) is 10.2. The molecule has 0 spiro atoms. The van der Waals surface area contributed by atoms with Gasteiger partial charge in [0.15, 0.2) is 0 Å². The normalized spacial score (nSPS) is 24.6. The van der Waals surface area contributed by atoms with Gasteiger partial charge < -0.3 is 9.84 Å². The van der Waals surface area contributed by atoms with Gasteiger partial charge in [-0.25, -0.2) is 0 Å². The minimum Gasteiger partial charge on any atom is -0.394 e. The largest absolute Gasteiger partial charge is 0.394 e. The molecule has 1 fully saturated rings. The first-order valence-electron chi connectivity index (χ1n) is 5.21. The van der Waals surface area contributed by atoms with Gasteiger partial charge in [0.05, 0.1) is 12.7 Å². The summed E-state index contributed by atoms with van der Waals surface area (Å²) in [6.07, 6.45) is 1.80. The lowest BCUT2D eigenvalue weighted by Crippen LogP contribution is -2.13. The monoisotopic (exact) mass is 202 g/mol. The molecular weight excluding hydrogens is 188 g/mol. The molecule has 0 amide bonds. The SMILES string of the molecule is OCC1CCC(C#Cc2ccccc2)O1. The predicted molar refractivity (Wildman–Crippen MR) is 58.3 cm³/mol. The van der Waals surface area contributed by atoms with E-state index in [1.807, 2.05) is 30.3 Å². The van der Waals surface area contributed by atoms with E-state index >= 15 is 0 Å². The fourth-order valence-electron chi connectivity index (χ4n) is 1.63. The van der Waals surface area contributed by atoms with Crippen LogP contribution in [-0.2, 0) is 4.74 Å². The summed E-state index contributed by atoms with van der Waals surface area (Å²) in [4.78, 5) is 0. The summed E-state index contributed by atoms with van der Waals surface area (Å²) in [6.45, 7) is 0.101. The molecule has 1 aliphatic rings.